The van der Waals surface area contributed by atoms with Gasteiger partial charge in [0.05, 0.1) is 25.4 Å². The number of pyridine rings is 1. The zero-order valence-corrected chi connectivity index (χ0v) is 18.1. The first-order chi connectivity index (χ1) is 15.2. The van der Waals surface area contributed by atoms with Crippen LogP contribution in [0, 0.1) is 12.8 Å². The number of nitrogens with one attached hydrogen (secondary N) is 2. The second-order valence-electron chi connectivity index (χ2n) is 7.82. The van der Waals surface area contributed by atoms with E-state index in [1.165, 1.54) is 18.4 Å². The van der Waals surface area contributed by atoms with Gasteiger partial charge >= 0.3 is 0 Å². The Bertz CT molecular complexity index is 992. The van der Waals surface area contributed by atoms with Gasteiger partial charge in [-0.2, -0.15) is 0 Å². The van der Waals surface area contributed by atoms with Crippen molar-refractivity contribution in [3.63, 3.8) is 0 Å². The van der Waals surface area contributed by atoms with Crippen LogP contribution in [0.5, 0.6) is 5.88 Å². The monoisotopic (exact) mass is 419 g/mol. The number of aryl methyl sites for hydroxylation is 1. The van der Waals surface area contributed by atoms with Gasteiger partial charge in [0.2, 0.25) is 11.8 Å². The van der Waals surface area contributed by atoms with E-state index in [4.69, 9.17) is 9.15 Å². The van der Waals surface area contributed by atoms with Crippen molar-refractivity contribution in [2.75, 3.05) is 13.2 Å². The van der Waals surface area contributed by atoms with Crippen molar-refractivity contribution in [1.82, 2.24) is 20.6 Å². The summed E-state index contributed by atoms with van der Waals surface area (Å²) in [5.41, 5.74) is 4.02. The van der Waals surface area contributed by atoms with Crippen LogP contribution >= 0.6 is 0 Å². The van der Waals surface area contributed by atoms with E-state index in [1.54, 1.807) is 6.26 Å². The SMILES string of the molecule is CCNC(=NCc1ccc(OCC2CC2)nc1)NCc1coc(-c2ccc(C)cc2)n1. The molecule has 0 aliphatic heterocycles. The highest BCUT2D eigenvalue weighted by Gasteiger charge is 2.22. The molecule has 1 fully saturated rings. The first-order valence-corrected chi connectivity index (χ1v) is 10.8. The average molecular weight is 420 g/mol. The zero-order chi connectivity index (χ0) is 21.5. The number of aliphatic imine (C=N–C) groups is 1. The summed E-state index contributed by atoms with van der Waals surface area (Å²) in [5.74, 6) is 2.74. The maximum Gasteiger partial charge on any atom is 0.226 e. The lowest BCUT2D eigenvalue weighted by Gasteiger charge is -2.10. The molecule has 7 heteroatoms. The Labute approximate surface area is 183 Å². The molecular formula is C24H29N5O2. The van der Waals surface area contributed by atoms with Crippen molar-refractivity contribution < 1.29 is 9.15 Å². The van der Waals surface area contributed by atoms with E-state index < -0.39 is 0 Å². The lowest BCUT2D eigenvalue weighted by atomic mass is 10.1. The van der Waals surface area contributed by atoms with Crippen molar-refractivity contribution in [1.29, 1.82) is 0 Å². The van der Waals surface area contributed by atoms with E-state index in [2.05, 4.69) is 32.5 Å². The molecule has 31 heavy (non-hydrogen) atoms. The predicted octanol–water partition coefficient (Wildman–Crippen LogP) is 4.09. The molecule has 1 aromatic carbocycles. The van der Waals surface area contributed by atoms with Crippen molar-refractivity contribution in [3.8, 4) is 17.3 Å². The van der Waals surface area contributed by atoms with Crippen LogP contribution in [-0.2, 0) is 13.1 Å². The van der Waals surface area contributed by atoms with E-state index in [9.17, 15) is 0 Å². The molecule has 0 bridgehead atoms. The fourth-order valence-corrected chi connectivity index (χ4v) is 2.98. The maximum absolute atomic E-state index is 5.69. The van der Waals surface area contributed by atoms with Gasteiger partial charge in [-0.25, -0.2) is 15.0 Å². The highest BCUT2D eigenvalue weighted by molar-refractivity contribution is 5.79. The minimum atomic E-state index is 0.521. The summed E-state index contributed by atoms with van der Waals surface area (Å²) in [5, 5.41) is 6.56. The number of guanidine groups is 1. The van der Waals surface area contributed by atoms with Gasteiger partial charge in [-0.3, -0.25) is 0 Å². The van der Waals surface area contributed by atoms with Crippen LogP contribution in [0.25, 0.3) is 11.5 Å². The maximum atomic E-state index is 5.69. The molecule has 1 saturated carbocycles. The Morgan fingerprint density at radius 3 is 2.71 bits per heavy atom. The van der Waals surface area contributed by atoms with Crippen molar-refractivity contribution >= 4 is 5.96 Å². The second kappa shape index (κ2) is 10.1. The molecule has 0 saturated heterocycles. The Morgan fingerprint density at radius 2 is 2.00 bits per heavy atom. The molecule has 0 spiro atoms. The number of aromatic nitrogens is 2. The molecule has 0 amide bonds. The molecule has 1 aliphatic carbocycles. The minimum Gasteiger partial charge on any atom is -0.477 e. The predicted molar refractivity (Wildman–Crippen MR) is 121 cm³/mol. The van der Waals surface area contributed by atoms with Crippen LogP contribution in [0.15, 0.2) is 58.3 Å². The van der Waals surface area contributed by atoms with Gasteiger partial charge in [0.25, 0.3) is 0 Å². The van der Waals surface area contributed by atoms with E-state index in [0.29, 0.717) is 24.9 Å². The smallest absolute Gasteiger partial charge is 0.226 e. The topological polar surface area (TPSA) is 84.6 Å². The standard InChI is InChI=1S/C24H29N5O2/c1-3-25-24(27-13-19-8-11-22(26-12-19)30-15-18-6-7-18)28-14-21-16-31-23(29-21)20-9-4-17(2)5-10-20/h4-5,8-12,16,18H,3,6-7,13-15H2,1-2H3,(H2,25,27,28). The molecule has 2 aromatic heterocycles. The third kappa shape index (κ3) is 6.31. The number of rotatable bonds is 9. The molecule has 0 radical (unpaired) electrons. The third-order valence-electron chi connectivity index (χ3n) is 5.01. The molecule has 2 heterocycles. The highest BCUT2D eigenvalue weighted by atomic mass is 16.5. The summed E-state index contributed by atoms with van der Waals surface area (Å²) in [4.78, 5) is 13.6. The van der Waals surface area contributed by atoms with Gasteiger partial charge in [0.15, 0.2) is 5.96 Å². The Kier molecular flexibility index (Phi) is 6.82. The van der Waals surface area contributed by atoms with Gasteiger partial charge < -0.3 is 19.8 Å². The lowest BCUT2D eigenvalue weighted by Crippen LogP contribution is -2.36. The van der Waals surface area contributed by atoms with Crippen LogP contribution in [0.4, 0.5) is 0 Å². The number of oxazole rings is 1. The Morgan fingerprint density at radius 1 is 1.16 bits per heavy atom. The van der Waals surface area contributed by atoms with Crippen molar-refractivity contribution in [2.24, 2.45) is 10.9 Å². The summed E-state index contributed by atoms with van der Waals surface area (Å²) in [6.45, 7) is 6.68. The molecule has 7 nitrogen and oxygen atoms in total. The van der Waals surface area contributed by atoms with E-state index >= 15 is 0 Å². The normalized spacial score (nSPS) is 13.8. The third-order valence-corrected chi connectivity index (χ3v) is 5.01. The van der Waals surface area contributed by atoms with Crippen LogP contribution < -0.4 is 15.4 Å². The summed E-state index contributed by atoms with van der Waals surface area (Å²) < 4.78 is 11.3. The lowest BCUT2D eigenvalue weighted by molar-refractivity contribution is 0.288. The zero-order valence-electron chi connectivity index (χ0n) is 18.1. The number of nitrogens with zero attached hydrogens (tertiary/aromatic N) is 3. The Hall–Kier alpha value is -3.35. The number of hydrogen-bond acceptors (Lipinski definition) is 5. The van der Waals surface area contributed by atoms with Gasteiger partial charge in [-0.1, -0.05) is 23.8 Å². The van der Waals surface area contributed by atoms with Gasteiger partial charge in [0.1, 0.15) is 6.26 Å². The molecule has 0 unspecified atom stereocenters. The average Bonchev–Trinajstić information content (AvgIpc) is 3.51. The number of ether oxygens (including phenoxy) is 1. The summed E-state index contributed by atoms with van der Waals surface area (Å²) >= 11 is 0. The van der Waals surface area contributed by atoms with E-state index in [-0.39, 0.29) is 0 Å². The minimum absolute atomic E-state index is 0.521. The molecule has 3 aromatic rings. The van der Waals surface area contributed by atoms with E-state index in [1.807, 2.05) is 49.5 Å². The van der Waals surface area contributed by atoms with E-state index in [0.717, 1.165) is 41.8 Å². The largest absolute Gasteiger partial charge is 0.477 e. The fourth-order valence-electron chi connectivity index (χ4n) is 2.98. The molecule has 4 rings (SSSR count). The Balaban J connectivity index is 1.31. The van der Waals surface area contributed by atoms with Gasteiger partial charge in [-0.05, 0) is 50.3 Å². The van der Waals surface area contributed by atoms with Crippen molar-refractivity contribution in [3.05, 3.63) is 65.7 Å². The molecular weight excluding hydrogens is 390 g/mol. The molecule has 1 aliphatic rings. The second-order valence-corrected chi connectivity index (χ2v) is 7.82. The summed E-state index contributed by atoms with van der Waals surface area (Å²) in [6, 6.07) is 12.0. The number of benzene rings is 1. The first kappa shape index (κ1) is 20.9. The molecule has 162 valence electrons. The number of hydrogen-bond donors (Lipinski definition) is 2. The quantitative estimate of drug-likeness (QED) is 0.401. The van der Waals surface area contributed by atoms with Crippen LogP contribution in [0.1, 0.15) is 36.6 Å². The summed E-state index contributed by atoms with van der Waals surface area (Å²) in [7, 11) is 0. The first-order valence-electron chi connectivity index (χ1n) is 10.8. The van der Waals surface area contributed by atoms with Crippen molar-refractivity contribution in [2.45, 2.75) is 39.8 Å². The van der Waals surface area contributed by atoms with Gasteiger partial charge in [0, 0.05) is 24.4 Å². The highest BCUT2D eigenvalue weighted by Crippen LogP contribution is 2.29. The van der Waals surface area contributed by atoms with Gasteiger partial charge in [-0.15, -0.1) is 0 Å². The van der Waals surface area contributed by atoms with Crippen LogP contribution in [0.3, 0.4) is 0 Å². The summed E-state index contributed by atoms with van der Waals surface area (Å²) in [6.07, 6.45) is 6.04. The van der Waals surface area contributed by atoms with Crippen LogP contribution in [0.2, 0.25) is 0 Å². The molecule has 2 N–H and O–H groups in total. The van der Waals surface area contributed by atoms with Crippen LogP contribution in [-0.4, -0.2) is 29.1 Å². The molecule has 0 atom stereocenters. The fraction of sp³-hybridized carbons (Fsp3) is 0.375.